The van der Waals surface area contributed by atoms with Gasteiger partial charge in [0.05, 0.1) is 6.10 Å². The van der Waals surface area contributed by atoms with Gasteiger partial charge in [-0.3, -0.25) is 0 Å². The molecule has 0 radical (unpaired) electrons. The SMILES string of the molecule is CCCCCC=CCC=CCCCCCCCCC(C)OCCCN(C)C. The first-order valence-corrected chi connectivity index (χ1v) is 11.7. The van der Waals surface area contributed by atoms with Crippen molar-refractivity contribution in [1.29, 1.82) is 0 Å². The molecule has 0 aliphatic rings. The number of unbranched alkanes of at least 4 members (excludes halogenated alkanes) is 9. The fourth-order valence-corrected chi connectivity index (χ4v) is 3.17. The number of nitrogens with zero attached hydrogens (tertiary/aromatic N) is 1. The summed E-state index contributed by atoms with van der Waals surface area (Å²) in [5, 5.41) is 0. The Balaban J connectivity index is 3.25. The molecule has 0 aromatic carbocycles. The van der Waals surface area contributed by atoms with E-state index in [0.717, 1.165) is 26.0 Å². The van der Waals surface area contributed by atoms with Crippen LogP contribution in [0.1, 0.15) is 104 Å². The van der Waals surface area contributed by atoms with Crippen LogP contribution in [0.15, 0.2) is 24.3 Å². The third-order valence-electron chi connectivity index (χ3n) is 4.96. The van der Waals surface area contributed by atoms with Gasteiger partial charge in [0.15, 0.2) is 0 Å². The highest BCUT2D eigenvalue weighted by atomic mass is 16.5. The van der Waals surface area contributed by atoms with Crippen LogP contribution in [0.2, 0.25) is 0 Å². The van der Waals surface area contributed by atoms with Crippen molar-refractivity contribution in [2.24, 2.45) is 0 Å². The summed E-state index contributed by atoms with van der Waals surface area (Å²) < 4.78 is 5.88. The Morgan fingerprint density at radius 3 is 1.96 bits per heavy atom. The quantitative estimate of drug-likeness (QED) is 0.160. The smallest absolute Gasteiger partial charge is 0.0547 e. The van der Waals surface area contributed by atoms with Gasteiger partial charge < -0.3 is 9.64 Å². The van der Waals surface area contributed by atoms with Gasteiger partial charge in [-0.2, -0.15) is 0 Å². The fourth-order valence-electron chi connectivity index (χ4n) is 3.17. The van der Waals surface area contributed by atoms with E-state index in [9.17, 15) is 0 Å². The Morgan fingerprint density at radius 1 is 0.741 bits per heavy atom. The van der Waals surface area contributed by atoms with Crippen LogP contribution in [0.4, 0.5) is 0 Å². The standard InChI is InChI=1S/C25H49NO/c1-5-6-7-8-9-10-11-12-13-14-15-16-17-18-19-20-22-25(2)27-24-21-23-26(3)4/h9-10,12-13,25H,5-8,11,14-24H2,1-4H3. The Labute approximate surface area is 171 Å². The molecule has 0 aromatic rings. The molecule has 0 saturated carbocycles. The molecule has 0 rings (SSSR count). The van der Waals surface area contributed by atoms with Gasteiger partial charge in [0.25, 0.3) is 0 Å². The van der Waals surface area contributed by atoms with Crippen LogP contribution in [0.3, 0.4) is 0 Å². The zero-order chi connectivity index (χ0) is 20.0. The molecule has 0 fully saturated rings. The van der Waals surface area contributed by atoms with Crippen molar-refractivity contribution < 1.29 is 4.74 Å². The molecule has 0 N–H and O–H groups in total. The lowest BCUT2D eigenvalue weighted by Crippen LogP contribution is -2.17. The highest BCUT2D eigenvalue weighted by molar-refractivity contribution is 4.92. The molecule has 2 nitrogen and oxygen atoms in total. The first-order chi connectivity index (χ1) is 13.2. The second-order valence-corrected chi connectivity index (χ2v) is 8.21. The molecule has 1 unspecified atom stereocenters. The summed E-state index contributed by atoms with van der Waals surface area (Å²) in [5.41, 5.74) is 0. The minimum atomic E-state index is 0.429. The van der Waals surface area contributed by atoms with Crippen molar-refractivity contribution in [1.82, 2.24) is 4.90 Å². The lowest BCUT2D eigenvalue weighted by Gasteiger charge is -2.14. The van der Waals surface area contributed by atoms with E-state index in [0.29, 0.717) is 6.10 Å². The maximum absolute atomic E-state index is 5.88. The summed E-state index contributed by atoms with van der Waals surface area (Å²) in [7, 11) is 4.24. The van der Waals surface area contributed by atoms with E-state index in [1.165, 1.54) is 77.0 Å². The minimum absolute atomic E-state index is 0.429. The zero-order valence-electron chi connectivity index (χ0n) is 19.1. The Kier molecular flexibility index (Phi) is 21.2. The van der Waals surface area contributed by atoms with Gasteiger partial charge in [0.1, 0.15) is 0 Å². The predicted molar refractivity (Wildman–Crippen MR) is 123 cm³/mol. The molecule has 160 valence electrons. The lowest BCUT2D eigenvalue weighted by molar-refractivity contribution is 0.0538. The summed E-state index contributed by atoms with van der Waals surface area (Å²) in [6.07, 6.45) is 28.0. The zero-order valence-corrected chi connectivity index (χ0v) is 19.1. The van der Waals surface area contributed by atoms with Crippen molar-refractivity contribution in [2.45, 2.75) is 110 Å². The molecular weight excluding hydrogens is 330 g/mol. The Bertz CT molecular complexity index is 335. The highest BCUT2D eigenvalue weighted by Gasteiger charge is 2.02. The van der Waals surface area contributed by atoms with Gasteiger partial charge >= 0.3 is 0 Å². The molecule has 2 heteroatoms. The first kappa shape index (κ1) is 26.4. The van der Waals surface area contributed by atoms with Crippen molar-refractivity contribution in [2.75, 3.05) is 27.2 Å². The monoisotopic (exact) mass is 379 g/mol. The number of hydrogen-bond donors (Lipinski definition) is 0. The molecule has 1 atom stereocenters. The van der Waals surface area contributed by atoms with Crippen molar-refractivity contribution >= 4 is 0 Å². The van der Waals surface area contributed by atoms with Crippen LogP contribution in [-0.2, 0) is 4.74 Å². The van der Waals surface area contributed by atoms with Gasteiger partial charge in [0.2, 0.25) is 0 Å². The van der Waals surface area contributed by atoms with Crippen LogP contribution in [0.25, 0.3) is 0 Å². The van der Waals surface area contributed by atoms with Crippen molar-refractivity contribution in [3.05, 3.63) is 24.3 Å². The second kappa shape index (κ2) is 21.7. The molecule has 0 aromatic heterocycles. The predicted octanol–water partition coefficient (Wildman–Crippen LogP) is 7.55. The largest absolute Gasteiger partial charge is 0.378 e. The summed E-state index contributed by atoms with van der Waals surface area (Å²) in [5.74, 6) is 0. The van der Waals surface area contributed by atoms with Gasteiger partial charge in [-0.05, 0) is 72.5 Å². The summed E-state index contributed by atoms with van der Waals surface area (Å²) in [6, 6.07) is 0. The van der Waals surface area contributed by atoms with Gasteiger partial charge in [-0.15, -0.1) is 0 Å². The number of rotatable bonds is 20. The van der Waals surface area contributed by atoms with Crippen LogP contribution in [-0.4, -0.2) is 38.3 Å². The van der Waals surface area contributed by atoms with E-state index in [1.54, 1.807) is 0 Å². The second-order valence-electron chi connectivity index (χ2n) is 8.21. The van der Waals surface area contributed by atoms with E-state index < -0.39 is 0 Å². The maximum atomic E-state index is 5.88. The molecule has 27 heavy (non-hydrogen) atoms. The van der Waals surface area contributed by atoms with Crippen molar-refractivity contribution in [3.8, 4) is 0 Å². The molecular formula is C25H49NO. The molecule has 0 bridgehead atoms. The Hall–Kier alpha value is -0.600. The summed E-state index contributed by atoms with van der Waals surface area (Å²) in [4.78, 5) is 2.22. The number of allylic oxidation sites excluding steroid dienone is 4. The van der Waals surface area contributed by atoms with Crippen molar-refractivity contribution in [3.63, 3.8) is 0 Å². The van der Waals surface area contributed by atoms with E-state index in [1.807, 2.05) is 0 Å². The summed E-state index contributed by atoms with van der Waals surface area (Å²) in [6.45, 7) is 6.51. The summed E-state index contributed by atoms with van der Waals surface area (Å²) >= 11 is 0. The topological polar surface area (TPSA) is 12.5 Å². The molecule has 0 aliphatic carbocycles. The average Bonchev–Trinajstić information content (AvgIpc) is 2.64. The molecule has 0 saturated heterocycles. The van der Waals surface area contributed by atoms with E-state index in [2.05, 4.69) is 57.1 Å². The van der Waals surface area contributed by atoms with E-state index >= 15 is 0 Å². The van der Waals surface area contributed by atoms with Gasteiger partial charge in [0, 0.05) is 6.61 Å². The number of ether oxygens (including phenoxy) is 1. The minimum Gasteiger partial charge on any atom is -0.378 e. The molecule has 0 aliphatic heterocycles. The van der Waals surface area contributed by atoms with E-state index in [-0.39, 0.29) is 0 Å². The third-order valence-corrected chi connectivity index (χ3v) is 4.96. The first-order valence-electron chi connectivity index (χ1n) is 11.7. The van der Waals surface area contributed by atoms with Crippen LogP contribution in [0.5, 0.6) is 0 Å². The fraction of sp³-hybridized carbons (Fsp3) is 0.840. The van der Waals surface area contributed by atoms with E-state index in [4.69, 9.17) is 4.74 Å². The molecule has 0 heterocycles. The molecule has 0 amide bonds. The van der Waals surface area contributed by atoms with Crippen LogP contribution >= 0.6 is 0 Å². The Morgan fingerprint density at radius 2 is 1.33 bits per heavy atom. The third kappa shape index (κ3) is 23.4. The highest BCUT2D eigenvalue weighted by Crippen LogP contribution is 2.11. The van der Waals surface area contributed by atoms with Gasteiger partial charge in [-0.1, -0.05) is 76.2 Å². The van der Waals surface area contributed by atoms with Crippen LogP contribution in [0, 0.1) is 0 Å². The van der Waals surface area contributed by atoms with Crippen LogP contribution < -0.4 is 0 Å². The maximum Gasteiger partial charge on any atom is 0.0547 e. The lowest BCUT2D eigenvalue weighted by atomic mass is 10.1. The number of hydrogen-bond acceptors (Lipinski definition) is 2. The molecule has 0 spiro atoms. The normalized spacial score (nSPS) is 13.4. The van der Waals surface area contributed by atoms with Gasteiger partial charge in [-0.25, -0.2) is 0 Å². The average molecular weight is 380 g/mol.